The molecule has 2 aromatic rings. The first-order chi connectivity index (χ1) is 6.11. The molecule has 0 bridgehead atoms. The number of fused-ring (bicyclic) bond motifs is 1. The van der Waals surface area contributed by atoms with Gasteiger partial charge in [-0.2, -0.15) is 0 Å². The number of nitrogens with one attached hydrogen (secondary N) is 1. The monoisotopic (exact) mass is 196 g/mol. The molecule has 0 aromatic carbocycles. The molecule has 0 saturated heterocycles. The van der Waals surface area contributed by atoms with Crippen LogP contribution in [0.1, 0.15) is 0 Å². The molecule has 2 heterocycles. The van der Waals surface area contributed by atoms with E-state index in [1.165, 1.54) is 4.57 Å². The minimum Gasteiger partial charge on any atom is -0.330 e. The van der Waals surface area contributed by atoms with Crippen molar-refractivity contribution in [3.8, 4) is 0 Å². The van der Waals surface area contributed by atoms with E-state index in [4.69, 9.17) is 12.2 Å². The summed E-state index contributed by atoms with van der Waals surface area (Å²) in [7, 11) is 3.47. The van der Waals surface area contributed by atoms with Gasteiger partial charge in [0.05, 0.1) is 6.33 Å². The number of nitrogens with zero attached hydrogens (tertiary/aromatic N) is 3. The molecule has 2 rings (SSSR count). The molecule has 0 fully saturated rings. The molecule has 0 atom stereocenters. The highest BCUT2D eigenvalue weighted by Crippen LogP contribution is 2.07. The van der Waals surface area contributed by atoms with Crippen molar-refractivity contribution in [2.45, 2.75) is 0 Å². The smallest absolute Gasteiger partial charge is 0.327 e. The average molecular weight is 196 g/mol. The topological polar surface area (TPSA) is 55.6 Å². The quantitative estimate of drug-likeness (QED) is 0.618. The fourth-order valence-electron chi connectivity index (χ4n) is 1.21. The Kier molecular flexibility index (Phi) is 1.59. The normalized spacial score (nSPS) is 10.9. The lowest BCUT2D eigenvalue weighted by molar-refractivity contribution is 0.804. The van der Waals surface area contributed by atoms with Crippen molar-refractivity contribution in [1.29, 1.82) is 0 Å². The van der Waals surface area contributed by atoms with Crippen LogP contribution in [0.5, 0.6) is 0 Å². The van der Waals surface area contributed by atoms with Crippen LogP contribution in [0.3, 0.4) is 0 Å². The Morgan fingerprint density at radius 1 is 1.54 bits per heavy atom. The van der Waals surface area contributed by atoms with Gasteiger partial charge in [0, 0.05) is 14.1 Å². The Morgan fingerprint density at radius 3 is 2.92 bits per heavy atom. The summed E-state index contributed by atoms with van der Waals surface area (Å²) in [6, 6.07) is 0. The fraction of sp³-hybridized carbons (Fsp3) is 0.286. The minimum atomic E-state index is -0.240. The molecule has 68 valence electrons. The summed E-state index contributed by atoms with van der Waals surface area (Å²) in [4.78, 5) is 17.9. The van der Waals surface area contributed by atoms with E-state index in [1.54, 1.807) is 17.9 Å². The SMILES string of the molecule is Cn1c(=O)[nH]c2ncn(C)c2c1=S. The fourth-order valence-corrected chi connectivity index (χ4v) is 1.53. The van der Waals surface area contributed by atoms with Crippen molar-refractivity contribution in [3.63, 3.8) is 0 Å². The van der Waals surface area contributed by atoms with E-state index in [-0.39, 0.29) is 5.69 Å². The van der Waals surface area contributed by atoms with Gasteiger partial charge in [0.2, 0.25) is 0 Å². The molecule has 1 N–H and O–H groups in total. The molecule has 6 heteroatoms. The maximum Gasteiger partial charge on any atom is 0.327 e. The largest absolute Gasteiger partial charge is 0.330 e. The third-order valence-corrected chi connectivity index (χ3v) is 2.44. The predicted octanol–water partition coefficient (Wildman–Crippen LogP) is 0.330. The average Bonchev–Trinajstić information content (AvgIpc) is 2.43. The molecule has 0 unspecified atom stereocenters. The summed E-state index contributed by atoms with van der Waals surface area (Å²) >= 11 is 5.11. The first kappa shape index (κ1) is 8.18. The van der Waals surface area contributed by atoms with E-state index < -0.39 is 0 Å². The van der Waals surface area contributed by atoms with Crippen molar-refractivity contribution in [2.24, 2.45) is 14.1 Å². The van der Waals surface area contributed by atoms with Crippen LogP contribution in [-0.4, -0.2) is 19.1 Å². The van der Waals surface area contributed by atoms with Crippen LogP contribution in [0.2, 0.25) is 0 Å². The predicted molar refractivity (Wildman–Crippen MR) is 51.1 cm³/mol. The van der Waals surface area contributed by atoms with Crippen LogP contribution in [-0.2, 0) is 14.1 Å². The molecule has 5 nitrogen and oxygen atoms in total. The van der Waals surface area contributed by atoms with Crippen molar-refractivity contribution < 1.29 is 0 Å². The number of hydrogen-bond donors (Lipinski definition) is 1. The van der Waals surface area contributed by atoms with Gasteiger partial charge in [-0.1, -0.05) is 12.2 Å². The van der Waals surface area contributed by atoms with E-state index in [0.717, 1.165) is 5.52 Å². The molecule has 13 heavy (non-hydrogen) atoms. The molecule has 0 radical (unpaired) electrons. The highest BCUT2D eigenvalue weighted by Gasteiger charge is 2.04. The molecular formula is C7H8N4OS. The van der Waals surface area contributed by atoms with Gasteiger partial charge in [-0.15, -0.1) is 0 Å². The number of H-pyrrole nitrogens is 1. The van der Waals surface area contributed by atoms with Gasteiger partial charge >= 0.3 is 5.69 Å². The molecule has 0 aliphatic rings. The second-order valence-electron chi connectivity index (χ2n) is 2.85. The van der Waals surface area contributed by atoms with Crippen molar-refractivity contribution >= 4 is 23.4 Å². The van der Waals surface area contributed by atoms with Crippen molar-refractivity contribution in [2.75, 3.05) is 0 Å². The zero-order chi connectivity index (χ0) is 9.59. The van der Waals surface area contributed by atoms with Gasteiger partial charge in [0.25, 0.3) is 0 Å². The zero-order valence-corrected chi connectivity index (χ0v) is 8.05. The first-order valence-electron chi connectivity index (χ1n) is 3.71. The summed E-state index contributed by atoms with van der Waals surface area (Å²) in [6.07, 6.45) is 1.62. The van der Waals surface area contributed by atoms with E-state index in [1.807, 2.05) is 7.05 Å². The standard InChI is InChI=1S/C7H8N4OS/c1-10-3-8-5-4(10)6(13)11(2)7(12)9-5/h3H,1-2H3,(H,9,12). The number of hydrogen-bond acceptors (Lipinski definition) is 3. The maximum absolute atomic E-state index is 11.3. The highest BCUT2D eigenvalue weighted by molar-refractivity contribution is 7.71. The van der Waals surface area contributed by atoms with Crippen LogP contribution in [0.15, 0.2) is 11.1 Å². The Morgan fingerprint density at radius 2 is 2.23 bits per heavy atom. The van der Waals surface area contributed by atoms with Gasteiger partial charge in [-0.3, -0.25) is 9.55 Å². The summed E-state index contributed by atoms with van der Waals surface area (Å²) < 4.78 is 3.67. The van der Waals surface area contributed by atoms with Crippen LogP contribution < -0.4 is 5.69 Å². The Hall–Kier alpha value is -1.43. The number of aryl methyl sites for hydroxylation is 1. The van der Waals surface area contributed by atoms with Crippen molar-refractivity contribution in [1.82, 2.24) is 19.1 Å². The number of imidazole rings is 1. The first-order valence-corrected chi connectivity index (χ1v) is 4.12. The minimum absolute atomic E-state index is 0.240. The maximum atomic E-state index is 11.3. The van der Waals surface area contributed by atoms with E-state index in [2.05, 4.69) is 9.97 Å². The van der Waals surface area contributed by atoms with Gasteiger partial charge in [0.15, 0.2) is 5.65 Å². The number of aromatic nitrogens is 4. The Bertz CT molecular complexity index is 576. The molecule has 0 aliphatic carbocycles. The van der Waals surface area contributed by atoms with E-state index in [9.17, 15) is 4.79 Å². The lowest BCUT2D eigenvalue weighted by Gasteiger charge is -1.98. The van der Waals surface area contributed by atoms with Crippen LogP contribution >= 0.6 is 12.2 Å². The second kappa shape index (κ2) is 2.53. The molecule has 0 amide bonds. The van der Waals surface area contributed by atoms with Gasteiger partial charge in [-0.25, -0.2) is 9.78 Å². The van der Waals surface area contributed by atoms with Gasteiger partial charge < -0.3 is 4.57 Å². The lowest BCUT2D eigenvalue weighted by atomic mass is 10.5. The third kappa shape index (κ3) is 1.02. The number of aromatic amines is 1. The Balaban J connectivity index is 3.16. The third-order valence-electron chi connectivity index (χ3n) is 1.97. The van der Waals surface area contributed by atoms with Crippen LogP contribution in [0.25, 0.3) is 11.2 Å². The number of rotatable bonds is 0. The zero-order valence-electron chi connectivity index (χ0n) is 7.24. The summed E-state index contributed by atoms with van der Waals surface area (Å²) in [5.41, 5.74) is 1.07. The van der Waals surface area contributed by atoms with Crippen LogP contribution in [0.4, 0.5) is 0 Å². The molecular weight excluding hydrogens is 188 g/mol. The summed E-state index contributed by atoms with van der Waals surface area (Å²) in [5, 5.41) is 0. The molecule has 2 aromatic heterocycles. The van der Waals surface area contributed by atoms with Crippen molar-refractivity contribution in [3.05, 3.63) is 21.5 Å². The molecule has 0 spiro atoms. The molecule has 0 saturated carbocycles. The van der Waals surface area contributed by atoms with Gasteiger partial charge in [0.1, 0.15) is 10.2 Å². The van der Waals surface area contributed by atoms with Gasteiger partial charge in [-0.05, 0) is 0 Å². The summed E-state index contributed by atoms with van der Waals surface area (Å²) in [5.74, 6) is 0. The van der Waals surface area contributed by atoms with E-state index >= 15 is 0 Å². The molecule has 0 aliphatic heterocycles. The lowest BCUT2D eigenvalue weighted by Crippen LogP contribution is -2.20. The second-order valence-corrected chi connectivity index (χ2v) is 3.23. The highest BCUT2D eigenvalue weighted by atomic mass is 32.1. The van der Waals surface area contributed by atoms with Crippen LogP contribution in [0, 0.1) is 4.64 Å². The van der Waals surface area contributed by atoms with E-state index in [0.29, 0.717) is 10.3 Å². The Labute approximate surface area is 78.7 Å². The summed E-state index contributed by atoms with van der Waals surface area (Å²) in [6.45, 7) is 0.